The number of alkyl halides is 3. The van der Waals surface area contributed by atoms with Crippen LogP contribution in [0.3, 0.4) is 0 Å². The summed E-state index contributed by atoms with van der Waals surface area (Å²) in [6, 6.07) is 10.2. The van der Waals surface area contributed by atoms with Gasteiger partial charge in [-0.3, -0.25) is 9.59 Å². The number of hydrogen-bond donors (Lipinski definition) is 2. The van der Waals surface area contributed by atoms with Gasteiger partial charge in [0.15, 0.2) is 0 Å². The van der Waals surface area contributed by atoms with Crippen LogP contribution in [0.2, 0.25) is 0 Å². The van der Waals surface area contributed by atoms with Gasteiger partial charge in [-0.05, 0) is 54.0 Å². The maximum atomic E-state index is 14.4. The van der Waals surface area contributed by atoms with E-state index in [1.165, 1.54) is 24.3 Å². The Kier molecular flexibility index (Phi) is 6.86. The largest absolute Gasteiger partial charge is 0.481 e. The molecule has 178 valence electrons. The summed E-state index contributed by atoms with van der Waals surface area (Å²) in [6.07, 6.45) is -3.48. The van der Waals surface area contributed by atoms with E-state index in [-0.39, 0.29) is 23.6 Å². The Morgan fingerprint density at radius 1 is 1.03 bits per heavy atom. The lowest BCUT2D eigenvalue weighted by atomic mass is 9.85. The van der Waals surface area contributed by atoms with E-state index in [0.717, 1.165) is 18.6 Å². The predicted molar refractivity (Wildman–Crippen MR) is 117 cm³/mol. The molecule has 2 atom stereocenters. The van der Waals surface area contributed by atoms with E-state index in [9.17, 15) is 32.3 Å². The zero-order valence-electron chi connectivity index (χ0n) is 18.7. The monoisotopic (exact) mass is 465 g/mol. The lowest BCUT2D eigenvalue weighted by Crippen LogP contribution is -2.34. The molecule has 1 saturated carbocycles. The number of halogens is 4. The normalized spacial score (nSPS) is 16.8. The number of benzene rings is 2. The third-order valence-corrected chi connectivity index (χ3v) is 6.40. The van der Waals surface area contributed by atoms with Gasteiger partial charge < -0.3 is 10.4 Å². The summed E-state index contributed by atoms with van der Waals surface area (Å²) in [5.74, 6) is -6.14. The first-order chi connectivity index (χ1) is 15.3. The SMILES string of the molecule is CC(C)c1ccc([C@@H](C(=O)Nc2cc(CC3(C(=O)O)CC3)ccc2F)[C@@H](C)C(F)(F)F)cc1. The third-order valence-electron chi connectivity index (χ3n) is 6.40. The Balaban J connectivity index is 1.89. The van der Waals surface area contributed by atoms with E-state index in [0.29, 0.717) is 18.4 Å². The molecular formula is C25H27F4NO3. The molecule has 3 rings (SSSR count). The van der Waals surface area contributed by atoms with Gasteiger partial charge in [-0.1, -0.05) is 51.1 Å². The van der Waals surface area contributed by atoms with Crippen LogP contribution in [0, 0.1) is 17.2 Å². The van der Waals surface area contributed by atoms with Crippen LogP contribution in [0.25, 0.3) is 0 Å². The first-order valence-electron chi connectivity index (χ1n) is 10.8. The third kappa shape index (κ3) is 5.54. The highest BCUT2D eigenvalue weighted by Crippen LogP contribution is 2.49. The van der Waals surface area contributed by atoms with Crippen LogP contribution in [-0.4, -0.2) is 23.2 Å². The minimum Gasteiger partial charge on any atom is -0.481 e. The minimum atomic E-state index is -4.64. The van der Waals surface area contributed by atoms with Gasteiger partial charge in [-0.2, -0.15) is 13.2 Å². The Morgan fingerprint density at radius 3 is 2.09 bits per heavy atom. The van der Waals surface area contributed by atoms with Crippen LogP contribution in [0.5, 0.6) is 0 Å². The van der Waals surface area contributed by atoms with Crippen LogP contribution >= 0.6 is 0 Å². The van der Waals surface area contributed by atoms with Gasteiger partial charge in [0.1, 0.15) is 5.82 Å². The number of anilines is 1. The topological polar surface area (TPSA) is 66.4 Å². The van der Waals surface area contributed by atoms with Gasteiger partial charge in [0.2, 0.25) is 5.91 Å². The number of carbonyl (C=O) groups is 2. The molecule has 0 heterocycles. The van der Waals surface area contributed by atoms with Gasteiger partial charge >= 0.3 is 12.1 Å². The molecule has 0 spiro atoms. The molecule has 33 heavy (non-hydrogen) atoms. The molecule has 0 aliphatic heterocycles. The number of carbonyl (C=O) groups excluding carboxylic acids is 1. The minimum absolute atomic E-state index is 0.157. The Morgan fingerprint density at radius 2 is 1.61 bits per heavy atom. The summed E-state index contributed by atoms with van der Waals surface area (Å²) in [4.78, 5) is 24.5. The lowest BCUT2D eigenvalue weighted by molar-refractivity contribution is -0.178. The fourth-order valence-corrected chi connectivity index (χ4v) is 3.94. The molecular weight excluding hydrogens is 438 g/mol. The van der Waals surface area contributed by atoms with Crippen molar-refractivity contribution >= 4 is 17.6 Å². The number of hydrogen-bond acceptors (Lipinski definition) is 2. The first-order valence-corrected chi connectivity index (χ1v) is 10.8. The van der Waals surface area contributed by atoms with E-state index >= 15 is 0 Å². The average molecular weight is 465 g/mol. The smallest absolute Gasteiger partial charge is 0.392 e. The molecule has 2 N–H and O–H groups in total. The summed E-state index contributed by atoms with van der Waals surface area (Å²) in [7, 11) is 0. The summed E-state index contributed by atoms with van der Waals surface area (Å²) in [6.45, 7) is 4.82. The molecule has 8 heteroatoms. The maximum Gasteiger partial charge on any atom is 0.392 e. The van der Waals surface area contributed by atoms with Crippen molar-refractivity contribution in [1.82, 2.24) is 0 Å². The van der Waals surface area contributed by atoms with E-state index in [4.69, 9.17) is 0 Å². The summed E-state index contributed by atoms with van der Waals surface area (Å²) >= 11 is 0. The zero-order valence-corrected chi connectivity index (χ0v) is 18.7. The lowest BCUT2D eigenvalue weighted by Gasteiger charge is -2.26. The molecule has 4 nitrogen and oxygen atoms in total. The van der Waals surface area contributed by atoms with E-state index in [2.05, 4.69) is 5.32 Å². The summed E-state index contributed by atoms with van der Waals surface area (Å²) in [5.41, 5.74) is 0.431. The molecule has 1 fully saturated rings. The fourth-order valence-electron chi connectivity index (χ4n) is 3.94. The van der Waals surface area contributed by atoms with Gasteiger partial charge in [0.05, 0.1) is 22.9 Å². The number of carboxylic acids is 1. The molecule has 0 radical (unpaired) electrons. The first kappa shape index (κ1) is 24.7. The van der Waals surface area contributed by atoms with Crippen molar-refractivity contribution in [2.24, 2.45) is 11.3 Å². The quantitative estimate of drug-likeness (QED) is 0.451. The number of nitrogens with one attached hydrogen (secondary N) is 1. The highest BCUT2D eigenvalue weighted by molar-refractivity contribution is 5.96. The maximum absolute atomic E-state index is 14.4. The predicted octanol–water partition coefficient (Wildman–Crippen LogP) is 6.28. The molecule has 1 amide bonds. The highest BCUT2D eigenvalue weighted by atomic mass is 19.4. The van der Waals surface area contributed by atoms with Crippen molar-refractivity contribution in [2.45, 2.75) is 58.0 Å². The Labute approximate surface area is 190 Å². The molecule has 2 aromatic rings. The second-order valence-electron chi connectivity index (χ2n) is 9.20. The molecule has 0 bridgehead atoms. The molecule has 0 saturated heterocycles. The molecule has 0 aromatic heterocycles. The second-order valence-corrected chi connectivity index (χ2v) is 9.20. The van der Waals surface area contributed by atoms with Gasteiger partial charge in [-0.15, -0.1) is 0 Å². The Hall–Kier alpha value is -2.90. The van der Waals surface area contributed by atoms with Crippen LogP contribution < -0.4 is 5.32 Å². The van der Waals surface area contributed by atoms with E-state index in [1.54, 1.807) is 12.1 Å². The van der Waals surface area contributed by atoms with Crippen LogP contribution in [0.4, 0.5) is 23.2 Å². The average Bonchev–Trinajstić information content (AvgIpc) is 3.51. The molecule has 2 aromatic carbocycles. The molecule has 1 aliphatic rings. The second kappa shape index (κ2) is 9.15. The van der Waals surface area contributed by atoms with Crippen molar-refractivity contribution < 1.29 is 32.3 Å². The summed E-state index contributed by atoms with van der Waals surface area (Å²) in [5, 5.41) is 11.7. The van der Waals surface area contributed by atoms with Crippen molar-refractivity contribution in [1.29, 1.82) is 0 Å². The van der Waals surface area contributed by atoms with Crippen molar-refractivity contribution in [3.63, 3.8) is 0 Å². The van der Waals surface area contributed by atoms with Gasteiger partial charge in [0.25, 0.3) is 0 Å². The number of aliphatic carboxylic acids is 1. The van der Waals surface area contributed by atoms with Crippen molar-refractivity contribution in [2.75, 3.05) is 5.32 Å². The van der Waals surface area contributed by atoms with E-state index in [1.807, 2.05) is 13.8 Å². The molecule has 0 unspecified atom stereocenters. The van der Waals surface area contributed by atoms with Crippen molar-refractivity contribution in [3.8, 4) is 0 Å². The number of carboxylic acid groups (broad SMARTS) is 1. The standard InChI is InChI=1S/C25H27F4NO3/c1-14(2)17-5-7-18(8-6-17)21(15(3)25(27,28)29)22(31)30-20-12-16(4-9-19(20)26)13-24(10-11-24)23(32)33/h4-9,12,14-15,21H,10-11,13H2,1-3H3,(H,30,31)(H,32,33)/t15-,21+/m1/s1. The van der Waals surface area contributed by atoms with E-state index < -0.39 is 41.1 Å². The van der Waals surface area contributed by atoms with Crippen LogP contribution in [0.15, 0.2) is 42.5 Å². The Bertz CT molecular complexity index is 1030. The van der Waals surface area contributed by atoms with Crippen LogP contribution in [0.1, 0.15) is 62.1 Å². The van der Waals surface area contributed by atoms with Gasteiger partial charge in [-0.25, -0.2) is 4.39 Å². The highest BCUT2D eigenvalue weighted by Gasteiger charge is 2.50. The van der Waals surface area contributed by atoms with Gasteiger partial charge in [0, 0.05) is 0 Å². The zero-order chi connectivity index (χ0) is 24.6. The molecule has 1 aliphatic carbocycles. The van der Waals surface area contributed by atoms with Crippen molar-refractivity contribution in [3.05, 3.63) is 65.0 Å². The number of amides is 1. The fraction of sp³-hybridized carbons (Fsp3) is 0.440. The van der Waals surface area contributed by atoms with Crippen LogP contribution in [-0.2, 0) is 16.0 Å². The summed E-state index contributed by atoms with van der Waals surface area (Å²) < 4.78 is 55.2. The number of rotatable bonds is 8.